The van der Waals surface area contributed by atoms with Crippen LogP contribution in [0.25, 0.3) is 0 Å². The molecule has 0 aromatic heterocycles. The standard InChI is InChI=1S/C6H4ClNO4/c7-3-1-2-4(9)6(10)5(3)8(11)12/h1-2,9-10H. The first-order chi connectivity index (χ1) is 5.54. The van der Waals surface area contributed by atoms with Crippen LogP contribution in [-0.4, -0.2) is 15.1 Å². The van der Waals surface area contributed by atoms with Gasteiger partial charge < -0.3 is 10.2 Å². The largest absolute Gasteiger partial charge is 0.504 e. The number of rotatable bonds is 1. The Bertz CT molecular complexity index is 339. The Morgan fingerprint density at radius 3 is 2.42 bits per heavy atom. The van der Waals surface area contributed by atoms with Gasteiger partial charge in [0.25, 0.3) is 0 Å². The first kappa shape index (κ1) is 8.61. The second-order valence-corrected chi connectivity index (χ2v) is 2.43. The molecule has 0 aliphatic rings. The number of benzene rings is 1. The highest BCUT2D eigenvalue weighted by molar-refractivity contribution is 6.33. The van der Waals surface area contributed by atoms with Crippen molar-refractivity contribution in [3.8, 4) is 11.5 Å². The van der Waals surface area contributed by atoms with Gasteiger partial charge in [0.2, 0.25) is 5.75 Å². The lowest BCUT2D eigenvalue weighted by Gasteiger charge is -1.99. The lowest BCUT2D eigenvalue weighted by molar-refractivity contribution is -0.385. The summed E-state index contributed by atoms with van der Waals surface area (Å²) in [6.45, 7) is 0. The fourth-order valence-corrected chi connectivity index (χ4v) is 0.940. The molecule has 0 aliphatic carbocycles. The topological polar surface area (TPSA) is 83.6 Å². The maximum Gasteiger partial charge on any atom is 0.333 e. The van der Waals surface area contributed by atoms with Gasteiger partial charge in [0, 0.05) is 0 Å². The summed E-state index contributed by atoms with van der Waals surface area (Å²) in [5.74, 6) is -1.38. The van der Waals surface area contributed by atoms with Crippen LogP contribution in [0.1, 0.15) is 0 Å². The Morgan fingerprint density at radius 1 is 1.42 bits per heavy atom. The number of nitro groups is 1. The number of nitrogens with zero attached hydrogens (tertiary/aromatic N) is 1. The number of halogens is 1. The van der Waals surface area contributed by atoms with Gasteiger partial charge in [-0.2, -0.15) is 0 Å². The molecule has 6 heteroatoms. The molecule has 2 N–H and O–H groups in total. The zero-order valence-electron chi connectivity index (χ0n) is 5.69. The minimum Gasteiger partial charge on any atom is -0.504 e. The van der Waals surface area contributed by atoms with Crippen molar-refractivity contribution >= 4 is 17.3 Å². The molecule has 0 unspecified atom stereocenters. The van der Waals surface area contributed by atoms with Crippen molar-refractivity contribution in [1.82, 2.24) is 0 Å². The molecule has 5 nitrogen and oxygen atoms in total. The van der Waals surface area contributed by atoms with E-state index in [9.17, 15) is 10.1 Å². The van der Waals surface area contributed by atoms with Crippen LogP contribution in [0.2, 0.25) is 5.02 Å². The second-order valence-electron chi connectivity index (χ2n) is 2.02. The van der Waals surface area contributed by atoms with Crippen molar-refractivity contribution in [2.45, 2.75) is 0 Å². The van der Waals surface area contributed by atoms with Gasteiger partial charge in [-0.15, -0.1) is 0 Å². The lowest BCUT2D eigenvalue weighted by atomic mass is 10.3. The third-order valence-electron chi connectivity index (χ3n) is 1.26. The summed E-state index contributed by atoms with van der Waals surface area (Å²) in [7, 11) is 0. The Balaban J connectivity index is 3.43. The van der Waals surface area contributed by atoms with E-state index in [4.69, 9.17) is 21.8 Å². The highest BCUT2D eigenvalue weighted by Gasteiger charge is 2.21. The number of hydrogen-bond donors (Lipinski definition) is 2. The molecule has 1 aromatic carbocycles. The number of phenolic OH excluding ortho intramolecular Hbond substituents is 2. The van der Waals surface area contributed by atoms with Crippen LogP contribution in [0.5, 0.6) is 11.5 Å². The van der Waals surface area contributed by atoms with E-state index in [-0.39, 0.29) is 5.02 Å². The van der Waals surface area contributed by atoms with E-state index in [2.05, 4.69) is 0 Å². The summed E-state index contributed by atoms with van der Waals surface area (Å²) in [6.07, 6.45) is 0. The van der Waals surface area contributed by atoms with E-state index in [1.807, 2.05) is 0 Å². The van der Waals surface area contributed by atoms with E-state index in [1.54, 1.807) is 0 Å². The Labute approximate surface area is 72.0 Å². The molecule has 0 aliphatic heterocycles. The van der Waals surface area contributed by atoms with E-state index in [0.29, 0.717) is 0 Å². The lowest BCUT2D eigenvalue weighted by Crippen LogP contribution is -1.89. The fraction of sp³-hybridized carbons (Fsp3) is 0. The van der Waals surface area contributed by atoms with Crippen LogP contribution in [0.3, 0.4) is 0 Å². The van der Waals surface area contributed by atoms with Crippen molar-refractivity contribution < 1.29 is 15.1 Å². The fourth-order valence-electron chi connectivity index (χ4n) is 0.718. The van der Waals surface area contributed by atoms with Crippen LogP contribution in [0.4, 0.5) is 5.69 Å². The number of aromatic hydroxyl groups is 2. The predicted molar refractivity (Wildman–Crippen MR) is 41.4 cm³/mol. The van der Waals surface area contributed by atoms with Gasteiger partial charge in [-0.3, -0.25) is 10.1 Å². The molecule has 0 saturated carbocycles. The van der Waals surface area contributed by atoms with Crippen molar-refractivity contribution in [3.05, 3.63) is 27.3 Å². The van der Waals surface area contributed by atoms with Gasteiger partial charge in [-0.05, 0) is 12.1 Å². The molecule has 0 heterocycles. The minimum absolute atomic E-state index is 0.213. The van der Waals surface area contributed by atoms with Gasteiger partial charge in [0.1, 0.15) is 5.02 Å². The number of nitro benzene ring substituents is 1. The highest BCUT2D eigenvalue weighted by Crippen LogP contribution is 2.39. The maximum atomic E-state index is 10.2. The molecule has 0 spiro atoms. The number of phenols is 2. The van der Waals surface area contributed by atoms with E-state index < -0.39 is 22.1 Å². The first-order valence-corrected chi connectivity index (χ1v) is 3.26. The van der Waals surface area contributed by atoms with Gasteiger partial charge in [-0.25, -0.2) is 0 Å². The molecule has 0 radical (unpaired) electrons. The maximum absolute atomic E-state index is 10.2. The zero-order valence-corrected chi connectivity index (χ0v) is 6.45. The van der Waals surface area contributed by atoms with E-state index in [1.165, 1.54) is 0 Å². The van der Waals surface area contributed by atoms with Gasteiger partial charge in [-0.1, -0.05) is 11.6 Å². The van der Waals surface area contributed by atoms with E-state index in [0.717, 1.165) is 12.1 Å². The normalized spacial score (nSPS) is 9.75. The Kier molecular flexibility index (Phi) is 2.05. The zero-order chi connectivity index (χ0) is 9.30. The summed E-state index contributed by atoms with van der Waals surface area (Å²) >= 11 is 5.38. The predicted octanol–water partition coefficient (Wildman–Crippen LogP) is 1.66. The first-order valence-electron chi connectivity index (χ1n) is 2.89. The summed E-state index contributed by atoms with van der Waals surface area (Å²) in [5, 5.41) is 27.9. The summed E-state index contributed by atoms with van der Waals surface area (Å²) in [4.78, 5) is 9.38. The van der Waals surface area contributed by atoms with Crippen LogP contribution in [0, 0.1) is 10.1 Å². The molecule has 64 valence electrons. The average molecular weight is 190 g/mol. The van der Waals surface area contributed by atoms with Crippen molar-refractivity contribution in [2.75, 3.05) is 0 Å². The van der Waals surface area contributed by atoms with Crippen molar-refractivity contribution in [1.29, 1.82) is 0 Å². The SMILES string of the molecule is O=[N+]([O-])c1c(Cl)ccc(O)c1O. The second kappa shape index (κ2) is 2.86. The molecule has 12 heavy (non-hydrogen) atoms. The van der Waals surface area contributed by atoms with Crippen molar-refractivity contribution in [3.63, 3.8) is 0 Å². The molecular formula is C6H4ClNO4. The van der Waals surface area contributed by atoms with Crippen LogP contribution in [-0.2, 0) is 0 Å². The van der Waals surface area contributed by atoms with Crippen molar-refractivity contribution in [2.24, 2.45) is 0 Å². The molecular weight excluding hydrogens is 186 g/mol. The smallest absolute Gasteiger partial charge is 0.333 e. The molecule has 0 bridgehead atoms. The molecule has 1 aromatic rings. The van der Waals surface area contributed by atoms with Gasteiger partial charge >= 0.3 is 5.69 Å². The molecule has 0 saturated heterocycles. The third-order valence-corrected chi connectivity index (χ3v) is 1.57. The molecule has 1 rings (SSSR count). The van der Waals surface area contributed by atoms with Crippen LogP contribution >= 0.6 is 11.6 Å². The van der Waals surface area contributed by atoms with Crippen LogP contribution < -0.4 is 0 Å². The minimum atomic E-state index is -0.864. The molecule has 0 amide bonds. The van der Waals surface area contributed by atoms with Crippen LogP contribution in [0.15, 0.2) is 12.1 Å². The Hall–Kier alpha value is -1.49. The summed E-state index contributed by atoms with van der Waals surface area (Å²) in [6, 6.07) is 2.21. The quantitative estimate of drug-likeness (QED) is 0.400. The highest BCUT2D eigenvalue weighted by atomic mass is 35.5. The Morgan fingerprint density at radius 2 is 2.00 bits per heavy atom. The monoisotopic (exact) mass is 189 g/mol. The average Bonchev–Trinajstić information content (AvgIpc) is 1.97. The van der Waals surface area contributed by atoms with Gasteiger partial charge in [0.05, 0.1) is 4.92 Å². The third kappa shape index (κ3) is 1.26. The summed E-state index contributed by atoms with van der Waals surface area (Å²) in [5.41, 5.74) is -0.684. The summed E-state index contributed by atoms with van der Waals surface area (Å²) < 4.78 is 0. The van der Waals surface area contributed by atoms with E-state index >= 15 is 0 Å². The number of hydrogen-bond acceptors (Lipinski definition) is 4. The molecule has 0 fully saturated rings. The molecule has 0 atom stereocenters. The van der Waals surface area contributed by atoms with Gasteiger partial charge in [0.15, 0.2) is 5.75 Å².